The molecule has 1 aromatic carbocycles. The fourth-order valence-corrected chi connectivity index (χ4v) is 4.44. The van der Waals surface area contributed by atoms with Crippen LogP contribution in [0, 0.1) is 0 Å². The minimum absolute atomic E-state index is 0.202. The lowest BCUT2D eigenvalue weighted by atomic mass is 10.1. The summed E-state index contributed by atoms with van der Waals surface area (Å²) in [5.74, 6) is 0.227. The van der Waals surface area contributed by atoms with Gasteiger partial charge in [-0.15, -0.1) is 11.3 Å². The Labute approximate surface area is 168 Å². The molecule has 0 spiro atoms. The molecule has 28 heavy (non-hydrogen) atoms. The van der Waals surface area contributed by atoms with E-state index in [2.05, 4.69) is 16.8 Å². The van der Waals surface area contributed by atoms with Crippen LogP contribution in [0.2, 0.25) is 0 Å². The molecule has 1 aromatic heterocycles. The molecule has 1 fully saturated rings. The Bertz CT molecular complexity index is 915. The largest absolute Gasteiger partial charge is 0.496 e. The van der Waals surface area contributed by atoms with Crippen LogP contribution in [0.4, 0.5) is 0 Å². The van der Waals surface area contributed by atoms with Crippen LogP contribution < -0.4 is 4.74 Å². The van der Waals surface area contributed by atoms with E-state index in [1.54, 1.807) is 7.11 Å². The number of carbonyl (C=O) groups is 2. The van der Waals surface area contributed by atoms with Crippen molar-refractivity contribution in [1.82, 2.24) is 14.7 Å². The Balaban J connectivity index is 1.69. The van der Waals surface area contributed by atoms with E-state index < -0.39 is 0 Å². The molecule has 0 bridgehead atoms. The molecule has 2 aromatic rings. The third-order valence-electron chi connectivity index (χ3n) is 5.25. The number of carbonyl (C=O) groups excluding carboxylic acids is 2. The number of imide groups is 1. The van der Waals surface area contributed by atoms with Gasteiger partial charge in [0.05, 0.1) is 19.2 Å². The second kappa shape index (κ2) is 7.77. The van der Waals surface area contributed by atoms with E-state index in [-0.39, 0.29) is 18.4 Å². The highest BCUT2D eigenvalue weighted by molar-refractivity contribution is 7.11. The molecule has 146 valence electrons. The van der Waals surface area contributed by atoms with Crippen LogP contribution in [-0.2, 0) is 16.1 Å². The van der Waals surface area contributed by atoms with E-state index in [0.29, 0.717) is 17.0 Å². The highest BCUT2D eigenvalue weighted by atomic mass is 32.1. The van der Waals surface area contributed by atoms with Crippen molar-refractivity contribution in [3.63, 3.8) is 0 Å². The van der Waals surface area contributed by atoms with Gasteiger partial charge in [-0.1, -0.05) is 24.3 Å². The van der Waals surface area contributed by atoms with Crippen molar-refractivity contribution in [1.29, 1.82) is 0 Å². The fourth-order valence-electron chi connectivity index (χ4n) is 3.68. The summed E-state index contributed by atoms with van der Waals surface area (Å²) in [6.07, 6.45) is 0. The lowest BCUT2D eigenvalue weighted by molar-refractivity contribution is -0.138. The Morgan fingerprint density at radius 3 is 2.43 bits per heavy atom. The number of ether oxygens (including phenoxy) is 1. The van der Waals surface area contributed by atoms with Crippen molar-refractivity contribution in [2.24, 2.45) is 0 Å². The monoisotopic (exact) mass is 397 g/mol. The first-order valence-corrected chi connectivity index (χ1v) is 10.2. The lowest BCUT2D eigenvalue weighted by Gasteiger charge is -2.34. The first-order chi connectivity index (χ1) is 13.6. The first-order valence-electron chi connectivity index (χ1n) is 9.30. The SMILES string of the molecule is COc1ccccc1CN1C(=O)C(c2cccs2)=C(N2CCN(C)CC2)C1=O. The predicted molar refractivity (Wildman–Crippen MR) is 109 cm³/mol. The van der Waals surface area contributed by atoms with Crippen LogP contribution in [0.25, 0.3) is 5.57 Å². The van der Waals surface area contributed by atoms with Gasteiger partial charge in [0.1, 0.15) is 11.4 Å². The molecule has 0 unspecified atom stereocenters. The number of nitrogens with zero attached hydrogens (tertiary/aromatic N) is 3. The van der Waals surface area contributed by atoms with Gasteiger partial charge < -0.3 is 14.5 Å². The second-order valence-corrected chi connectivity index (χ2v) is 7.95. The zero-order valence-electron chi connectivity index (χ0n) is 16.1. The Kier molecular flexibility index (Phi) is 5.19. The Morgan fingerprint density at radius 2 is 1.75 bits per heavy atom. The third kappa shape index (κ3) is 3.31. The van der Waals surface area contributed by atoms with Gasteiger partial charge in [0, 0.05) is 36.6 Å². The van der Waals surface area contributed by atoms with E-state index >= 15 is 0 Å². The molecule has 2 amide bonds. The third-order valence-corrected chi connectivity index (χ3v) is 6.14. The molecule has 3 heterocycles. The summed E-state index contributed by atoms with van der Waals surface area (Å²) in [5.41, 5.74) is 1.88. The molecule has 4 rings (SSSR count). The maximum absolute atomic E-state index is 13.4. The Morgan fingerprint density at radius 1 is 1.00 bits per heavy atom. The summed E-state index contributed by atoms with van der Waals surface area (Å²) in [6.45, 7) is 3.42. The Hall–Kier alpha value is -2.64. The zero-order valence-corrected chi connectivity index (χ0v) is 16.9. The number of methoxy groups -OCH3 is 1. The maximum Gasteiger partial charge on any atom is 0.278 e. The number of benzene rings is 1. The predicted octanol–water partition coefficient (Wildman–Crippen LogP) is 2.28. The van der Waals surface area contributed by atoms with Gasteiger partial charge >= 0.3 is 0 Å². The number of para-hydroxylation sites is 1. The van der Waals surface area contributed by atoms with E-state index in [1.807, 2.05) is 41.8 Å². The molecule has 0 radical (unpaired) electrons. The molecule has 0 saturated carbocycles. The van der Waals surface area contributed by atoms with E-state index in [9.17, 15) is 9.59 Å². The van der Waals surface area contributed by atoms with Crippen molar-refractivity contribution < 1.29 is 14.3 Å². The summed E-state index contributed by atoms with van der Waals surface area (Å²) in [6, 6.07) is 11.3. The van der Waals surface area contributed by atoms with E-state index in [0.717, 1.165) is 36.6 Å². The molecular formula is C21H23N3O3S. The van der Waals surface area contributed by atoms with Crippen molar-refractivity contribution >= 4 is 28.7 Å². The number of amides is 2. The number of rotatable bonds is 5. The highest BCUT2D eigenvalue weighted by Gasteiger charge is 2.42. The molecule has 7 heteroatoms. The van der Waals surface area contributed by atoms with Crippen LogP contribution in [0.5, 0.6) is 5.75 Å². The first kappa shape index (κ1) is 18.7. The topological polar surface area (TPSA) is 53.1 Å². The average molecular weight is 398 g/mol. The molecule has 0 N–H and O–H groups in total. The van der Waals surface area contributed by atoms with Crippen LogP contribution in [0.15, 0.2) is 47.5 Å². The molecule has 0 aliphatic carbocycles. The zero-order chi connectivity index (χ0) is 19.7. The van der Waals surface area contributed by atoms with Crippen LogP contribution >= 0.6 is 11.3 Å². The van der Waals surface area contributed by atoms with Crippen molar-refractivity contribution in [3.8, 4) is 5.75 Å². The van der Waals surface area contributed by atoms with Crippen molar-refractivity contribution in [3.05, 3.63) is 57.9 Å². The molecular weight excluding hydrogens is 374 g/mol. The summed E-state index contributed by atoms with van der Waals surface area (Å²) in [4.78, 5) is 33.2. The quantitative estimate of drug-likeness (QED) is 0.725. The number of piperazine rings is 1. The number of likely N-dealkylation sites (N-methyl/N-ethyl adjacent to an activating group) is 1. The van der Waals surface area contributed by atoms with Gasteiger partial charge in [-0.05, 0) is 24.6 Å². The smallest absolute Gasteiger partial charge is 0.278 e. The number of hydrogen-bond acceptors (Lipinski definition) is 6. The molecule has 6 nitrogen and oxygen atoms in total. The van der Waals surface area contributed by atoms with Gasteiger partial charge in [0.2, 0.25) is 0 Å². The van der Waals surface area contributed by atoms with E-state index in [1.165, 1.54) is 16.2 Å². The second-order valence-electron chi connectivity index (χ2n) is 7.00. The minimum Gasteiger partial charge on any atom is -0.496 e. The van der Waals surface area contributed by atoms with Crippen LogP contribution in [0.3, 0.4) is 0 Å². The van der Waals surface area contributed by atoms with Crippen molar-refractivity contribution in [2.75, 3.05) is 40.3 Å². The number of thiophene rings is 1. The minimum atomic E-state index is -0.229. The summed E-state index contributed by atoms with van der Waals surface area (Å²) in [7, 11) is 3.67. The highest BCUT2D eigenvalue weighted by Crippen LogP contribution is 2.35. The van der Waals surface area contributed by atoms with E-state index in [4.69, 9.17) is 4.74 Å². The van der Waals surface area contributed by atoms with Gasteiger partial charge in [0.15, 0.2) is 0 Å². The molecule has 2 aliphatic heterocycles. The summed E-state index contributed by atoms with van der Waals surface area (Å²) < 4.78 is 5.40. The van der Waals surface area contributed by atoms with Gasteiger partial charge in [-0.3, -0.25) is 14.5 Å². The molecule has 0 atom stereocenters. The van der Waals surface area contributed by atoms with Crippen LogP contribution in [-0.4, -0.2) is 66.9 Å². The molecule has 1 saturated heterocycles. The normalized spacial score (nSPS) is 18.4. The fraction of sp³-hybridized carbons (Fsp3) is 0.333. The average Bonchev–Trinajstić information content (AvgIpc) is 3.31. The maximum atomic E-state index is 13.4. The van der Waals surface area contributed by atoms with Gasteiger partial charge in [-0.2, -0.15) is 0 Å². The summed E-state index contributed by atoms with van der Waals surface area (Å²) >= 11 is 1.49. The summed E-state index contributed by atoms with van der Waals surface area (Å²) in [5, 5.41) is 1.94. The molecule has 2 aliphatic rings. The van der Waals surface area contributed by atoms with Gasteiger partial charge in [0.25, 0.3) is 11.8 Å². The van der Waals surface area contributed by atoms with Crippen LogP contribution in [0.1, 0.15) is 10.4 Å². The van der Waals surface area contributed by atoms with Crippen molar-refractivity contribution in [2.45, 2.75) is 6.54 Å². The number of hydrogen-bond donors (Lipinski definition) is 0. The standard InChI is InChI=1S/C21H23N3O3S/c1-22-9-11-23(12-10-22)19-18(17-8-5-13-28-17)20(25)24(21(19)26)14-15-6-3-4-7-16(15)27-2/h3-8,13H,9-12,14H2,1-2H3. The lowest BCUT2D eigenvalue weighted by Crippen LogP contribution is -2.46. The van der Waals surface area contributed by atoms with Gasteiger partial charge in [-0.25, -0.2) is 0 Å².